The van der Waals surface area contributed by atoms with Gasteiger partial charge in [-0.25, -0.2) is 4.39 Å². The number of nitrogens with zero attached hydrogens (tertiary/aromatic N) is 1. The third kappa shape index (κ3) is 5.94. The van der Waals surface area contributed by atoms with Crippen molar-refractivity contribution in [2.45, 2.75) is 19.0 Å². The van der Waals surface area contributed by atoms with E-state index in [0.717, 1.165) is 35.6 Å². The summed E-state index contributed by atoms with van der Waals surface area (Å²) in [6.07, 6.45) is -1.08. The molecular weight excluding hydrogens is 456 g/mol. The zero-order valence-electron chi connectivity index (χ0n) is 17.8. The summed E-state index contributed by atoms with van der Waals surface area (Å²) in [5.74, 6) is -0.785. The Morgan fingerprint density at radius 3 is 2.47 bits per heavy atom. The molecule has 0 aliphatic heterocycles. The second kappa shape index (κ2) is 9.58. The molecule has 2 aromatic carbocycles. The van der Waals surface area contributed by atoms with Crippen LogP contribution in [0.25, 0.3) is 5.69 Å². The van der Waals surface area contributed by atoms with Gasteiger partial charge in [0.1, 0.15) is 22.9 Å². The highest BCUT2D eigenvalue weighted by atomic mass is 19.4. The number of amides is 1. The minimum atomic E-state index is -4.66. The molecule has 1 fully saturated rings. The first-order valence-corrected chi connectivity index (χ1v) is 10.4. The number of rotatable bonds is 8. The van der Waals surface area contributed by atoms with Crippen molar-refractivity contribution in [1.29, 1.82) is 0 Å². The van der Waals surface area contributed by atoms with Gasteiger partial charge in [-0.15, -0.1) is 0 Å². The second-order valence-electron chi connectivity index (χ2n) is 7.85. The van der Waals surface area contributed by atoms with Crippen LogP contribution >= 0.6 is 0 Å². The summed E-state index contributed by atoms with van der Waals surface area (Å²) < 4.78 is 62.7. The van der Waals surface area contributed by atoms with Crippen LogP contribution in [0.4, 0.5) is 23.2 Å². The molecule has 34 heavy (non-hydrogen) atoms. The minimum absolute atomic E-state index is 0.137. The molecule has 178 valence electrons. The average molecular weight is 476 g/mol. The molecule has 1 amide bonds. The predicted octanol–water partition coefficient (Wildman–Crippen LogP) is 4.96. The van der Waals surface area contributed by atoms with Gasteiger partial charge in [-0.05, 0) is 67.3 Å². The van der Waals surface area contributed by atoms with E-state index in [4.69, 9.17) is 9.47 Å². The monoisotopic (exact) mass is 476 g/mol. The molecule has 0 atom stereocenters. The van der Waals surface area contributed by atoms with E-state index < -0.39 is 35.8 Å². The Bertz CT molecular complexity index is 1230. The van der Waals surface area contributed by atoms with Crippen LogP contribution in [0.5, 0.6) is 11.5 Å². The maximum Gasteiger partial charge on any atom is 0.422 e. The summed E-state index contributed by atoms with van der Waals surface area (Å²) in [5.41, 5.74) is -0.785. The molecular formula is C24H20F4N2O4. The fourth-order valence-corrected chi connectivity index (χ4v) is 3.15. The van der Waals surface area contributed by atoms with Crippen LogP contribution in [0.2, 0.25) is 0 Å². The Morgan fingerprint density at radius 2 is 1.79 bits per heavy atom. The Balaban J connectivity index is 1.54. The zero-order chi connectivity index (χ0) is 24.3. The highest BCUT2D eigenvalue weighted by Crippen LogP contribution is 2.30. The number of anilines is 1. The van der Waals surface area contributed by atoms with Gasteiger partial charge < -0.3 is 14.8 Å². The van der Waals surface area contributed by atoms with Crippen LogP contribution < -0.4 is 20.3 Å². The molecule has 1 aliphatic carbocycles. The normalized spacial score (nSPS) is 13.4. The highest BCUT2D eigenvalue weighted by molar-refractivity contribution is 6.04. The van der Waals surface area contributed by atoms with Gasteiger partial charge in [0.25, 0.3) is 11.5 Å². The summed E-state index contributed by atoms with van der Waals surface area (Å²) in [5, 5.41) is 2.60. The molecule has 0 radical (unpaired) electrons. The van der Waals surface area contributed by atoms with E-state index in [2.05, 4.69) is 5.32 Å². The largest absolute Gasteiger partial charge is 0.493 e. The number of nitrogens with one attached hydrogen (secondary N) is 1. The van der Waals surface area contributed by atoms with Crippen LogP contribution in [0, 0.1) is 11.7 Å². The molecule has 4 rings (SSSR count). The zero-order valence-corrected chi connectivity index (χ0v) is 17.8. The lowest BCUT2D eigenvalue weighted by atomic mass is 10.2. The summed E-state index contributed by atoms with van der Waals surface area (Å²) in [6, 6.07) is 12.1. The van der Waals surface area contributed by atoms with Gasteiger partial charge in [0.15, 0.2) is 6.61 Å². The van der Waals surface area contributed by atoms with Crippen molar-refractivity contribution in [2.24, 2.45) is 5.92 Å². The summed E-state index contributed by atoms with van der Waals surface area (Å²) in [7, 11) is 0. The van der Waals surface area contributed by atoms with Crippen molar-refractivity contribution in [1.82, 2.24) is 4.57 Å². The van der Waals surface area contributed by atoms with Crippen LogP contribution in [0.15, 0.2) is 65.6 Å². The first-order valence-electron chi connectivity index (χ1n) is 10.4. The van der Waals surface area contributed by atoms with Gasteiger partial charge in [0, 0.05) is 18.0 Å². The van der Waals surface area contributed by atoms with E-state index >= 15 is 0 Å². The molecule has 0 spiro atoms. The van der Waals surface area contributed by atoms with Gasteiger partial charge in [-0.1, -0.05) is 0 Å². The molecule has 0 unspecified atom stereocenters. The Labute approximate surface area is 191 Å². The Morgan fingerprint density at radius 1 is 1.06 bits per heavy atom. The standard InChI is InChI=1S/C24H20F4N2O4/c25-16-5-10-20(21(12-16)34-14-24(26,27)28)30-11-1-2-19(23(30)32)22(31)29-17-6-8-18(9-7-17)33-13-15-3-4-15/h1-2,5-12,15H,3-4,13-14H2,(H,29,31). The number of halogens is 4. The van der Waals surface area contributed by atoms with Crippen LogP contribution in [-0.2, 0) is 0 Å². The average Bonchev–Trinajstić information content (AvgIpc) is 3.62. The quantitative estimate of drug-likeness (QED) is 0.467. The van der Waals surface area contributed by atoms with Gasteiger partial charge in [0.05, 0.1) is 12.3 Å². The van der Waals surface area contributed by atoms with E-state index in [0.29, 0.717) is 24.0 Å². The molecule has 1 heterocycles. The number of hydrogen-bond acceptors (Lipinski definition) is 4. The van der Waals surface area contributed by atoms with E-state index in [1.54, 1.807) is 24.3 Å². The van der Waals surface area contributed by atoms with E-state index in [-0.39, 0.29) is 11.3 Å². The number of hydrogen-bond donors (Lipinski definition) is 1. The van der Waals surface area contributed by atoms with Crippen molar-refractivity contribution in [2.75, 3.05) is 18.5 Å². The first-order chi connectivity index (χ1) is 16.2. The lowest BCUT2D eigenvalue weighted by Crippen LogP contribution is -2.28. The summed E-state index contributed by atoms with van der Waals surface area (Å²) in [4.78, 5) is 25.7. The van der Waals surface area contributed by atoms with E-state index in [1.165, 1.54) is 18.3 Å². The first kappa shape index (κ1) is 23.3. The second-order valence-corrected chi connectivity index (χ2v) is 7.85. The highest BCUT2D eigenvalue weighted by Gasteiger charge is 2.29. The molecule has 1 N–H and O–H groups in total. The van der Waals surface area contributed by atoms with Crippen LogP contribution in [0.1, 0.15) is 23.2 Å². The minimum Gasteiger partial charge on any atom is -0.493 e. The van der Waals surface area contributed by atoms with Gasteiger partial charge in [-0.2, -0.15) is 13.2 Å². The topological polar surface area (TPSA) is 69.6 Å². The van der Waals surface area contributed by atoms with Crippen LogP contribution in [-0.4, -0.2) is 29.9 Å². The lowest BCUT2D eigenvalue weighted by Gasteiger charge is -2.15. The SMILES string of the molecule is O=C(Nc1ccc(OCC2CC2)cc1)c1cccn(-c2ccc(F)cc2OCC(F)(F)F)c1=O. The molecule has 10 heteroatoms. The van der Waals surface area contributed by atoms with E-state index in [1.807, 2.05) is 0 Å². The van der Waals surface area contributed by atoms with Crippen molar-refractivity contribution in [3.8, 4) is 17.2 Å². The maximum absolute atomic E-state index is 13.6. The number of ether oxygens (including phenoxy) is 2. The van der Waals surface area contributed by atoms with Gasteiger partial charge in [-0.3, -0.25) is 14.2 Å². The predicted molar refractivity (Wildman–Crippen MR) is 116 cm³/mol. The number of carbonyl (C=O) groups is 1. The fourth-order valence-electron chi connectivity index (χ4n) is 3.15. The Hall–Kier alpha value is -3.82. The number of aromatic nitrogens is 1. The summed E-state index contributed by atoms with van der Waals surface area (Å²) in [6.45, 7) is -1.02. The molecule has 1 aliphatic rings. The number of carbonyl (C=O) groups excluding carboxylic acids is 1. The summed E-state index contributed by atoms with van der Waals surface area (Å²) >= 11 is 0. The van der Waals surface area contributed by atoms with Crippen LogP contribution in [0.3, 0.4) is 0 Å². The van der Waals surface area contributed by atoms with Gasteiger partial charge in [0.2, 0.25) is 0 Å². The third-order valence-electron chi connectivity index (χ3n) is 5.06. The maximum atomic E-state index is 13.6. The van der Waals surface area contributed by atoms with Crippen molar-refractivity contribution in [3.05, 3.63) is 82.5 Å². The molecule has 0 saturated heterocycles. The Kier molecular flexibility index (Phi) is 6.58. The molecule has 1 saturated carbocycles. The molecule has 6 nitrogen and oxygen atoms in total. The van der Waals surface area contributed by atoms with Crippen molar-refractivity contribution in [3.63, 3.8) is 0 Å². The fraction of sp³-hybridized carbons (Fsp3) is 0.250. The molecule has 1 aromatic heterocycles. The lowest BCUT2D eigenvalue weighted by molar-refractivity contribution is -0.153. The molecule has 0 bridgehead atoms. The number of pyridine rings is 1. The third-order valence-corrected chi connectivity index (χ3v) is 5.06. The smallest absolute Gasteiger partial charge is 0.422 e. The van der Waals surface area contributed by atoms with E-state index in [9.17, 15) is 27.2 Å². The molecule has 3 aromatic rings. The number of alkyl halides is 3. The van der Waals surface area contributed by atoms with Crippen molar-refractivity contribution < 1.29 is 31.8 Å². The van der Waals surface area contributed by atoms with Gasteiger partial charge >= 0.3 is 6.18 Å². The van der Waals surface area contributed by atoms with Crippen molar-refractivity contribution >= 4 is 11.6 Å². The number of benzene rings is 2.